The van der Waals surface area contributed by atoms with Crippen molar-refractivity contribution < 1.29 is 0 Å². The number of nitrogens with zero attached hydrogens (tertiary/aromatic N) is 3. The van der Waals surface area contributed by atoms with Crippen LogP contribution in [-0.2, 0) is 6.42 Å². The molecule has 0 radical (unpaired) electrons. The minimum Gasteiger partial charge on any atom is -0.370 e. The van der Waals surface area contributed by atoms with Crippen LogP contribution in [0.3, 0.4) is 0 Å². The first-order valence-electron chi connectivity index (χ1n) is 6.97. The monoisotopic (exact) mass is 287 g/mol. The van der Waals surface area contributed by atoms with Gasteiger partial charge in [0.25, 0.3) is 0 Å². The van der Waals surface area contributed by atoms with Crippen molar-refractivity contribution in [1.82, 2.24) is 19.9 Å². The summed E-state index contributed by atoms with van der Waals surface area (Å²) in [6.45, 7) is 2.12. The first kappa shape index (κ1) is 14.8. The molecule has 5 N–H and O–H groups in total. The largest absolute Gasteiger partial charge is 0.370 e. The minimum absolute atomic E-state index is 0.0995. The van der Waals surface area contributed by atoms with Gasteiger partial charge in [0.15, 0.2) is 5.96 Å². The van der Waals surface area contributed by atoms with Crippen molar-refractivity contribution in [2.75, 3.05) is 25.0 Å². The molecule has 0 unspecified atom stereocenters. The maximum atomic E-state index is 7.63. The summed E-state index contributed by atoms with van der Waals surface area (Å²) in [5, 5.41) is 10.8. The average molecular weight is 287 g/mol. The van der Waals surface area contributed by atoms with Gasteiger partial charge < -0.3 is 20.9 Å². The molecule has 0 aliphatic heterocycles. The van der Waals surface area contributed by atoms with E-state index in [0.29, 0.717) is 13.1 Å². The summed E-state index contributed by atoms with van der Waals surface area (Å²) in [7, 11) is 0. The molecule has 0 aliphatic rings. The first-order chi connectivity index (χ1) is 10.3. The molecule has 0 fully saturated rings. The van der Waals surface area contributed by atoms with E-state index in [1.54, 1.807) is 12.5 Å². The Balaban J connectivity index is 1.70. The van der Waals surface area contributed by atoms with E-state index in [0.717, 1.165) is 30.9 Å². The number of aromatic amines is 1. The lowest BCUT2D eigenvalue weighted by molar-refractivity contribution is 0.416. The van der Waals surface area contributed by atoms with Gasteiger partial charge in [-0.2, -0.15) is 0 Å². The molecule has 0 atom stereocenters. The van der Waals surface area contributed by atoms with Crippen molar-refractivity contribution in [2.45, 2.75) is 12.8 Å². The highest BCUT2D eigenvalue weighted by Gasteiger charge is 2.06. The van der Waals surface area contributed by atoms with Gasteiger partial charge in [0, 0.05) is 37.7 Å². The number of aryl methyl sites for hydroxylation is 1. The van der Waals surface area contributed by atoms with Crippen LogP contribution < -0.4 is 11.1 Å². The van der Waals surface area contributed by atoms with Gasteiger partial charge in [-0.25, -0.2) is 9.97 Å². The van der Waals surface area contributed by atoms with Crippen LogP contribution in [0.4, 0.5) is 5.82 Å². The Morgan fingerprint density at radius 3 is 2.95 bits per heavy atom. The van der Waals surface area contributed by atoms with Crippen molar-refractivity contribution >= 4 is 11.8 Å². The normalized spacial score (nSPS) is 10.3. The van der Waals surface area contributed by atoms with Crippen LogP contribution in [0.2, 0.25) is 0 Å². The molecule has 0 aromatic carbocycles. The van der Waals surface area contributed by atoms with Crippen molar-refractivity contribution in [3.63, 3.8) is 0 Å². The summed E-state index contributed by atoms with van der Waals surface area (Å²) in [6.07, 6.45) is 7.06. The molecule has 2 rings (SSSR count). The maximum Gasteiger partial charge on any atom is 0.188 e. The molecule has 0 saturated carbocycles. The Kier molecular flexibility index (Phi) is 5.57. The molecule has 7 heteroatoms. The minimum atomic E-state index is 0.0995. The molecular formula is C14H21N7. The van der Waals surface area contributed by atoms with Crippen molar-refractivity contribution in [1.29, 1.82) is 5.41 Å². The second-order valence-electron chi connectivity index (χ2n) is 4.69. The fourth-order valence-electron chi connectivity index (χ4n) is 2.02. The van der Waals surface area contributed by atoms with Gasteiger partial charge in [0.1, 0.15) is 5.82 Å². The summed E-state index contributed by atoms with van der Waals surface area (Å²) in [4.78, 5) is 13.1. The van der Waals surface area contributed by atoms with Crippen molar-refractivity contribution in [3.8, 4) is 0 Å². The van der Waals surface area contributed by atoms with Crippen LogP contribution in [0.1, 0.15) is 12.1 Å². The fourth-order valence-corrected chi connectivity index (χ4v) is 2.02. The molecule has 2 aromatic heterocycles. The smallest absolute Gasteiger partial charge is 0.188 e. The van der Waals surface area contributed by atoms with Crippen LogP contribution in [0.5, 0.6) is 0 Å². The number of guanidine groups is 1. The predicted octanol–water partition coefficient (Wildman–Crippen LogP) is 1.04. The average Bonchev–Trinajstić information content (AvgIpc) is 3.00. The summed E-state index contributed by atoms with van der Waals surface area (Å²) >= 11 is 0. The molecule has 2 aromatic rings. The summed E-state index contributed by atoms with van der Waals surface area (Å²) in [5.41, 5.74) is 6.72. The molecular weight excluding hydrogens is 266 g/mol. The number of nitrogens with two attached hydrogens (primary N) is 1. The molecule has 2 heterocycles. The second-order valence-corrected chi connectivity index (χ2v) is 4.69. The Morgan fingerprint density at radius 2 is 2.29 bits per heavy atom. The highest BCUT2D eigenvalue weighted by Crippen LogP contribution is 2.01. The van der Waals surface area contributed by atoms with Gasteiger partial charge >= 0.3 is 0 Å². The number of hydrogen-bond acceptors (Lipinski definition) is 4. The van der Waals surface area contributed by atoms with Crippen molar-refractivity contribution in [2.24, 2.45) is 5.73 Å². The second kappa shape index (κ2) is 7.88. The number of pyridine rings is 1. The van der Waals surface area contributed by atoms with Crippen LogP contribution >= 0.6 is 0 Å². The lowest BCUT2D eigenvalue weighted by Gasteiger charge is -2.22. The maximum absolute atomic E-state index is 7.63. The highest BCUT2D eigenvalue weighted by molar-refractivity contribution is 5.74. The quantitative estimate of drug-likeness (QED) is 0.429. The number of anilines is 1. The van der Waals surface area contributed by atoms with Gasteiger partial charge in [-0.1, -0.05) is 6.07 Å². The van der Waals surface area contributed by atoms with E-state index in [9.17, 15) is 0 Å². The fraction of sp³-hybridized carbons (Fsp3) is 0.357. The zero-order valence-corrected chi connectivity index (χ0v) is 11.9. The van der Waals surface area contributed by atoms with Crippen LogP contribution in [-0.4, -0.2) is 45.4 Å². The zero-order valence-electron chi connectivity index (χ0n) is 11.9. The first-order valence-corrected chi connectivity index (χ1v) is 6.97. The third kappa shape index (κ3) is 5.13. The van der Waals surface area contributed by atoms with E-state index in [4.69, 9.17) is 11.1 Å². The molecule has 0 aliphatic carbocycles. The highest BCUT2D eigenvalue weighted by atomic mass is 15.2. The number of hydrogen-bond donors (Lipinski definition) is 4. The van der Waals surface area contributed by atoms with Crippen LogP contribution in [0.25, 0.3) is 0 Å². The van der Waals surface area contributed by atoms with E-state index in [1.165, 1.54) is 0 Å². The molecule has 21 heavy (non-hydrogen) atoms. The lowest BCUT2D eigenvalue weighted by Crippen LogP contribution is -2.40. The topological polar surface area (TPSA) is 107 Å². The van der Waals surface area contributed by atoms with E-state index >= 15 is 0 Å². The standard InChI is InChI=1S/C14H21N7/c15-14(16)21(8-3-4-12-10-17-11-20-12)9-7-19-13-5-1-2-6-18-13/h1-2,5-6,10-11H,3-4,7-9H2,(H3,15,16)(H,17,20)(H,18,19). The van der Waals surface area contributed by atoms with E-state index in [-0.39, 0.29) is 5.96 Å². The Bertz CT molecular complexity index is 524. The van der Waals surface area contributed by atoms with E-state index < -0.39 is 0 Å². The molecule has 112 valence electrons. The van der Waals surface area contributed by atoms with Gasteiger partial charge in [-0.15, -0.1) is 0 Å². The third-order valence-corrected chi connectivity index (χ3v) is 3.12. The number of imidazole rings is 1. The van der Waals surface area contributed by atoms with Crippen LogP contribution in [0.15, 0.2) is 36.9 Å². The molecule has 0 bridgehead atoms. The number of rotatable bonds is 8. The number of aromatic nitrogens is 3. The molecule has 0 saturated heterocycles. The van der Waals surface area contributed by atoms with Crippen molar-refractivity contribution in [3.05, 3.63) is 42.6 Å². The van der Waals surface area contributed by atoms with Gasteiger partial charge in [-0.05, 0) is 25.0 Å². The zero-order chi connectivity index (χ0) is 14.9. The molecule has 7 nitrogen and oxygen atoms in total. The number of nitrogens with one attached hydrogen (secondary N) is 3. The lowest BCUT2D eigenvalue weighted by atomic mass is 10.2. The Morgan fingerprint density at radius 1 is 1.38 bits per heavy atom. The van der Waals surface area contributed by atoms with E-state index in [2.05, 4.69) is 20.3 Å². The van der Waals surface area contributed by atoms with Gasteiger partial charge in [-0.3, -0.25) is 5.41 Å². The molecule has 0 spiro atoms. The summed E-state index contributed by atoms with van der Waals surface area (Å²) in [5.74, 6) is 0.931. The number of H-pyrrole nitrogens is 1. The predicted molar refractivity (Wildman–Crippen MR) is 83.1 cm³/mol. The van der Waals surface area contributed by atoms with Gasteiger partial charge in [0.2, 0.25) is 0 Å². The Hall–Kier alpha value is -2.57. The van der Waals surface area contributed by atoms with Gasteiger partial charge in [0.05, 0.1) is 6.33 Å². The van der Waals surface area contributed by atoms with E-state index in [1.807, 2.05) is 29.3 Å². The third-order valence-electron chi connectivity index (χ3n) is 3.12. The SMILES string of the molecule is N=C(N)N(CCCc1cnc[nH]1)CCNc1ccccn1. The molecule has 0 amide bonds. The summed E-state index contributed by atoms with van der Waals surface area (Å²) in [6, 6.07) is 5.72. The van der Waals surface area contributed by atoms with Crippen LogP contribution in [0, 0.1) is 5.41 Å². The Labute approximate surface area is 124 Å². The summed E-state index contributed by atoms with van der Waals surface area (Å²) < 4.78 is 0.